The van der Waals surface area contributed by atoms with Gasteiger partial charge in [0.05, 0.1) is 18.0 Å². The van der Waals surface area contributed by atoms with Crippen LogP contribution in [0.25, 0.3) is 0 Å². The van der Waals surface area contributed by atoms with Gasteiger partial charge in [0.25, 0.3) is 0 Å². The zero-order valence-corrected chi connectivity index (χ0v) is 16.7. The normalized spacial score (nSPS) is 12.5. The van der Waals surface area contributed by atoms with Gasteiger partial charge in [0.2, 0.25) is 15.9 Å². The number of anilines is 1. The fourth-order valence-corrected chi connectivity index (χ4v) is 3.69. The summed E-state index contributed by atoms with van der Waals surface area (Å²) in [5.41, 5.74) is 4.73. The lowest BCUT2D eigenvalue weighted by molar-refractivity contribution is -0.120. The predicted octanol–water partition coefficient (Wildman–Crippen LogP) is 3.26. The summed E-state index contributed by atoms with van der Waals surface area (Å²) >= 11 is 0. The van der Waals surface area contributed by atoms with E-state index in [4.69, 9.17) is 0 Å². The fourth-order valence-electron chi connectivity index (χ4n) is 2.83. The van der Waals surface area contributed by atoms with E-state index in [1.807, 2.05) is 58.0 Å². The van der Waals surface area contributed by atoms with Crippen LogP contribution in [0.1, 0.15) is 35.2 Å². The molecule has 26 heavy (non-hydrogen) atoms. The molecule has 0 aromatic heterocycles. The van der Waals surface area contributed by atoms with Crippen molar-refractivity contribution < 1.29 is 13.2 Å². The van der Waals surface area contributed by atoms with Crippen LogP contribution < -0.4 is 9.62 Å². The minimum absolute atomic E-state index is 0.207. The minimum atomic E-state index is -3.57. The van der Waals surface area contributed by atoms with Crippen LogP contribution in [0.3, 0.4) is 0 Å². The van der Waals surface area contributed by atoms with E-state index in [1.54, 1.807) is 12.1 Å². The molecule has 1 atom stereocenters. The van der Waals surface area contributed by atoms with E-state index in [-0.39, 0.29) is 18.5 Å². The van der Waals surface area contributed by atoms with Crippen molar-refractivity contribution in [2.75, 3.05) is 17.1 Å². The molecule has 0 aliphatic heterocycles. The zero-order chi connectivity index (χ0) is 19.5. The maximum Gasteiger partial charge on any atom is 0.241 e. The van der Waals surface area contributed by atoms with Gasteiger partial charge in [-0.1, -0.05) is 41.5 Å². The Balaban J connectivity index is 2.17. The molecule has 0 aliphatic carbocycles. The fraction of sp³-hybridized carbons (Fsp3) is 0.350. The molecule has 2 aromatic carbocycles. The maximum absolute atomic E-state index is 12.5. The SMILES string of the molecule is Cc1ccc(N(CC(=O)NC(C)c2cc(C)ccc2C)S(C)(=O)=O)cc1. The molecule has 1 N–H and O–H groups in total. The van der Waals surface area contributed by atoms with E-state index in [1.165, 1.54) is 0 Å². The summed E-state index contributed by atoms with van der Waals surface area (Å²) in [5.74, 6) is -0.343. The first kappa shape index (κ1) is 20.0. The van der Waals surface area contributed by atoms with Gasteiger partial charge in [-0.15, -0.1) is 0 Å². The van der Waals surface area contributed by atoms with Crippen molar-refractivity contribution in [3.63, 3.8) is 0 Å². The molecule has 140 valence electrons. The summed E-state index contributed by atoms with van der Waals surface area (Å²) in [6, 6.07) is 12.9. The minimum Gasteiger partial charge on any atom is -0.348 e. The number of hydrogen-bond donors (Lipinski definition) is 1. The number of rotatable bonds is 6. The van der Waals surface area contributed by atoms with Crippen molar-refractivity contribution in [2.45, 2.75) is 33.7 Å². The number of carbonyl (C=O) groups is 1. The molecule has 1 amide bonds. The smallest absolute Gasteiger partial charge is 0.241 e. The molecule has 0 heterocycles. The number of aryl methyl sites for hydroxylation is 3. The van der Waals surface area contributed by atoms with Crippen molar-refractivity contribution in [2.24, 2.45) is 0 Å². The number of nitrogens with one attached hydrogen (secondary N) is 1. The van der Waals surface area contributed by atoms with Crippen LogP contribution >= 0.6 is 0 Å². The zero-order valence-electron chi connectivity index (χ0n) is 15.9. The second-order valence-corrected chi connectivity index (χ2v) is 8.66. The Kier molecular flexibility index (Phi) is 6.08. The van der Waals surface area contributed by atoms with Gasteiger partial charge in [0.15, 0.2) is 0 Å². The Morgan fingerprint density at radius 2 is 1.62 bits per heavy atom. The molecule has 5 nitrogen and oxygen atoms in total. The van der Waals surface area contributed by atoms with E-state index < -0.39 is 10.0 Å². The Morgan fingerprint density at radius 1 is 1.04 bits per heavy atom. The van der Waals surface area contributed by atoms with Crippen molar-refractivity contribution in [3.05, 3.63) is 64.7 Å². The molecule has 0 saturated heterocycles. The molecule has 2 aromatic rings. The first-order chi connectivity index (χ1) is 12.1. The monoisotopic (exact) mass is 374 g/mol. The van der Waals surface area contributed by atoms with Crippen LogP contribution in [-0.2, 0) is 14.8 Å². The highest BCUT2D eigenvalue weighted by atomic mass is 32.2. The molecule has 0 saturated carbocycles. The van der Waals surface area contributed by atoms with Crippen molar-refractivity contribution in [1.29, 1.82) is 0 Å². The van der Waals surface area contributed by atoms with Crippen LogP contribution in [0.5, 0.6) is 0 Å². The standard InChI is InChI=1S/C20H26N2O3S/c1-14-7-10-18(11-8-14)22(26(5,24)25)13-20(23)21-17(4)19-12-15(2)6-9-16(19)3/h6-12,17H,13H2,1-5H3,(H,21,23). The van der Waals surface area contributed by atoms with Gasteiger partial charge in [-0.05, 0) is 51.0 Å². The summed E-state index contributed by atoms with van der Waals surface area (Å²) in [7, 11) is -3.57. The summed E-state index contributed by atoms with van der Waals surface area (Å²) in [4.78, 5) is 12.5. The van der Waals surface area contributed by atoms with E-state index in [2.05, 4.69) is 5.32 Å². The summed E-state index contributed by atoms with van der Waals surface area (Å²) in [6.07, 6.45) is 1.11. The summed E-state index contributed by atoms with van der Waals surface area (Å²) in [5, 5.41) is 2.90. The topological polar surface area (TPSA) is 66.5 Å². The lowest BCUT2D eigenvalue weighted by Gasteiger charge is -2.24. The number of carbonyl (C=O) groups excluding carboxylic acids is 1. The van der Waals surface area contributed by atoms with Gasteiger partial charge in [-0.25, -0.2) is 8.42 Å². The highest BCUT2D eigenvalue weighted by Gasteiger charge is 2.22. The number of amides is 1. The Morgan fingerprint density at radius 3 is 2.19 bits per heavy atom. The third-order valence-electron chi connectivity index (χ3n) is 4.29. The van der Waals surface area contributed by atoms with Crippen molar-refractivity contribution in [3.8, 4) is 0 Å². The molecule has 2 rings (SSSR count). The Labute approximate surface area is 156 Å². The predicted molar refractivity (Wildman–Crippen MR) is 106 cm³/mol. The highest BCUT2D eigenvalue weighted by molar-refractivity contribution is 7.92. The van der Waals surface area contributed by atoms with Gasteiger partial charge in [-0.2, -0.15) is 0 Å². The largest absolute Gasteiger partial charge is 0.348 e. The number of sulfonamides is 1. The van der Waals surface area contributed by atoms with Gasteiger partial charge in [0.1, 0.15) is 6.54 Å². The van der Waals surface area contributed by atoms with Gasteiger partial charge in [-0.3, -0.25) is 9.10 Å². The average molecular weight is 375 g/mol. The molecule has 6 heteroatoms. The van der Waals surface area contributed by atoms with E-state index in [0.717, 1.165) is 32.8 Å². The quantitative estimate of drug-likeness (QED) is 0.844. The second-order valence-electron chi connectivity index (χ2n) is 6.75. The highest BCUT2D eigenvalue weighted by Crippen LogP contribution is 2.20. The molecule has 0 aliphatic rings. The lowest BCUT2D eigenvalue weighted by Crippen LogP contribution is -2.41. The second kappa shape index (κ2) is 7.91. The molecule has 0 radical (unpaired) electrons. The molecular formula is C20H26N2O3S. The number of nitrogens with zero attached hydrogens (tertiary/aromatic N) is 1. The number of benzene rings is 2. The molecular weight excluding hydrogens is 348 g/mol. The van der Waals surface area contributed by atoms with Crippen LogP contribution in [0, 0.1) is 20.8 Å². The summed E-state index contributed by atoms with van der Waals surface area (Å²) in [6.45, 7) is 7.56. The average Bonchev–Trinajstić information content (AvgIpc) is 2.55. The van der Waals surface area contributed by atoms with Gasteiger partial charge in [0, 0.05) is 0 Å². The third kappa shape index (κ3) is 5.08. The van der Waals surface area contributed by atoms with E-state index in [0.29, 0.717) is 5.69 Å². The van der Waals surface area contributed by atoms with Gasteiger partial charge < -0.3 is 5.32 Å². The Bertz CT molecular complexity index is 890. The van der Waals surface area contributed by atoms with Gasteiger partial charge >= 0.3 is 0 Å². The maximum atomic E-state index is 12.5. The molecule has 1 unspecified atom stereocenters. The third-order valence-corrected chi connectivity index (χ3v) is 5.43. The lowest BCUT2D eigenvalue weighted by atomic mass is 10.00. The van der Waals surface area contributed by atoms with E-state index in [9.17, 15) is 13.2 Å². The van der Waals surface area contributed by atoms with Crippen LogP contribution in [0.15, 0.2) is 42.5 Å². The summed E-state index contributed by atoms with van der Waals surface area (Å²) < 4.78 is 25.4. The first-order valence-corrected chi connectivity index (χ1v) is 10.3. The molecule has 0 spiro atoms. The Hall–Kier alpha value is -2.34. The molecule has 0 bridgehead atoms. The molecule has 0 fully saturated rings. The number of hydrogen-bond acceptors (Lipinski definition) is 3. The first-order valence-electron chi connectivity index (χ1n) is 8.49. The van der Waals surface area contributed by atoms with Crippen LogP contribution in [-0.4, -0.2) is 27.1 Å². The van der Waals surface area contributed by atoms with Crippen LogP contribution in [0.4, 0.5) is 5.69 Å². The van der Waals surface area contributed by atoms with Crippen molar-refractivity contribution in [1.82, 2.24) is 5.32 Å². The van der Waals surface area contributed by atoms with Crippen LogP contribution in [0.2, 0.25) is 0 Å². The van der Waals surface area contributed by atoms with E-state index >= 15 is 0 Å². The van der Waals surface area contributed by atoms with Crippen molar-refractivity contribution >= 4 is 21.6 Å².